The average Bonchev–Trinajstić information content (AvgIpc) is 3.22. The number of aromatic nitrogens is 3. The van der Waals surface area contributed by atoms with Gasteiger partial charge in [-0.1, -0.05) is 42.0 Å². The molecule has 142 valence electrons. The molecule has 2 unspecified atom stereocenters. The van der Waals surface area contributed by atoms with Crippen LogP contribution in [0.4, 0.5) is 0 Å². The van der Waals surface area contributed by atoms with Crippen LogP contribution in [-0.4, -0.2) is 38.2 Å². The lowest BCUT2D eigenvalue weighted by Crippen LogP contribution is -2.42. The van der Waals surface area contributed by atoms with Crippen LogP contribution < -0.4 is 5.73 Å². The van der Waals surface area contributed by atoms with Crippen LogP contribution >= 0.6 is 0 Å². The Kier molecular flexibility index (Phi) is 3.65. The van der Waals surface area contributed by atoms with Gasteiger partial charge in [0.15, 0.2) is 5.72 Å². The first-order chi connectivity index (χ1) is 13.5. The molecule has 2 aliphatic heterocycles. The van der Waals surface area contributed by atoms with E-state index in [1.165, 1.54) is 0 Å². The first-order valence-electron chi connectivity index (χ1n) is 9.34. The monoisotopic (exact) mass is 375 g/mol. The zero-order valence-electron chi connectivity index (χ0n) is 15.8. The van der Waals surface area contributed by atoms with E-state index >= 15 is 0 Å². The highest BCUT2D eigenvalue weighted by Crippen LogP contribution is 2.47. The minimum absolute atomic E-state index is 0.0295. The molecule has 1 aromatic heterocycles. The maximum Gasteiger partial charge on any atom is 0.288 e. The lowest BCUT2D eigenvalue weighted by molar-refractivity contribution is -0.0758. The number of amides is 1. The molecule has 0 aliphatic carbocycles. The van der Waals surface area contributed by atoms with Gasteiger partial charge in [0.2, 0.25) is 5.82 Å². The van der Waals surface area contributed by atoms with Crippen molar-refractivity contribution in [1.29, 1.82) is 0 Å². The summed E-state index contributed by atoms with van der Waals surface area (Å²) in [5, 5.41) is 4.40. The topological polar surface area (TPSA) is 86.3 Å². The molecule has 0 saturated carbocycles. The molecule has 2 atom stereocenters. The summed E-state index contributed by atoms with van der Waals surface area (Å²) in [6, 6.07) is 16.4. The van der Waals surface area contributed by atoms with E-state index in [9.17, 15) is 4.79 Å². The van der Waals surface area contributed by atoms with E-state index in [2.05, 4.69) is 47.0 Å². The van der Waals surface area contributed by atoms with E-state index in [4.69, 9.17) is 10.5 Å². The van der Waals surface area contributed by atoms with E-state index in [-0.39, 0.29) is 11.9 Å². The number of carbonyl (C=O) groups is 1. The van der Waals surface area contributed by atoms with Crippen LogP contribution in [0.25, 0.3) is 5.69 Å². The molecule has 1 amide bonds. The predicted octanol–water partition coefficient (Wildman–Crippen LogP) is 2.11. The number of ether oxygens (including phenoxy) is 1. The Bertz CT molecular complexity index is 1080. The SMILES string of the molecule is Cc1ccc2c(c1)C1(c3ccccc3)OC(C)CN1Cc1nc(C(N)=O)nn1-2. The fourth-order valence-electron chi connectivity index (χ4n) is 4.34. The number of fused-ring (bicyclic) bond motifs is 5. The van der Waals surface area contributed by atoms with Gasteiger partial charge < -0.3 is 10.5 Å². The third-order valence-electron chi connectivity index (χ3n) is 5.43. The number of nitrogens with two attached hydrogens (primary N) is 1. The van der Waals surface area contributed by atoms with Gasteiger partial charge in [0.25, 0.3) is 5.91 Å². The molecule has 7 heteroatoms. The van der Waals surface area contributed by atoms with E-state index in [1.54, 1.807) is 4.68 Å². The zero-order chi connectivity index (χ0) is 19.5. The number of benzene rings is 2. The first kappa shape index (κ1) is 17.1. The number of rotatable bonds is 2. The van der Waals surface area contributed by atoms with Crippen LogP contribution in [0.2, 0.25) is 0 Å². The minimum atomic E-state index is -0.739. The molecule has 28 heavy (non-hydrogen) atoms. The molecule has 2 aromatic carbocycles. The van der Waals surface area contributed by atoms with Crippen LogP contribution in [-0.2, 0) is 17.0 Å². The summed E-state index contributed by atoms with van der Waals surface area (Å²) in [7, 11) is 0. The highest BCUT2D eigenvalue weighted by atomic mass is 16.5. The van der Waals surface area contributed by atoms with Crippen LogP contribution in [0.15, 0.2) is 48.5 Å². The van der Waals surface area contributed by atoms with E-state index in [1.807, 2.05) is 30.3 Å². The second-order valence-electron chi connectivity index (χ2n) is 7.47. The van der Waals surface area contributed by atoms with Crippen molar-refractivity contribution < 1.29 is 9.53 Å². The van der Waals surface area contributed by atoms with Crippen LogP contribution in [0.3, 0.4) is 0 Å². The second kappa shape index (κ2) is 5.98. The van der Waals surface area contributed by atoms with Crippen molar-refractivity contribution in [3.05, 3.63) is 76.9 Å². The van der Waals surface area contributed by atoms with Crippen LogP contribution in [0.1, 0.15) is 40.1 Å². The van der Waals surface area contributed by atoms with Gasteiger partial charge >= 0.3 is 0 Å². The van der Waals surface area contributed by atoms with Gasteiger partial charge in [-0.2, -0.15) is 0 Å². The summed E-state index contributed by atoms with van der Waals surface area (Å²) in [6.45, 7) is 5.37. The molecule has 5 rings (SSSR count). The average molecular weight is 375 g/mol. The quantitative estimate of drug-likeness (QED) is 0.741. The van der Waals surface area contributed by atoms with Crippen molar-refractivity contribution in [2.24, 2.45) is 5.73 Å². The van der Waals surface area contributed by atoms with Crippen molar-refractivity contribution >= 4 is 5.91 Å². The van der Waals surface area contributed by atoms with Crippen molar-refractivity contribution in [3.63, 3.8) is 0 Å². The molecule has 7 nitrogen and oxygen atoms in total. The number of hydrogen-bond donors (Lipinski definition) is 1. The summed E-state index contributed by atoms with van der Waals surface area (Å²) in [4.78, 5) is 18.4. The largest absolute Gasteiger partial charge is 0.363 e. The van der Waals surface area contributed by atoms with E-state index < -0.39 is 11.6 Å². The third kappa shape index (κ3) is 2.33. The molecule has 0 radical (unpaired) electrons. The summed E-state index contributed by atoms with van der Waals surface area (Å²) in [6.07, 6.45) is 0.0404. The third-order valence-corrected chi connectivity index (χ3v) is 5.43. The Morgan fingerprint density at radius 1 is 1.25 bits per heavy atom. The minimum Gasteiger partial charge on any atom is -0.363 e. The normalized spacial score (nSPS) is 23.6. The summed E-state index contributed by atoms with van der Waals surface area (Å²) in [5.74, 6) is 0.0749. The number of primary amides is 1. The fraction of sp³-hybridized carbons (Fsp3) is 0.286. The molecule has 0 bridgehead atoms. The Hall–Kier alpha value is -3.03. The van der Waals surface area contributed by atoms with Crippen molar-refractivity contribution in [3.8, 4) is 5.69 Å². The van der Waals surface area contributed by atoms with Crippen molar-refractivity contribution in [1.82, 2.24) is 19.7 Å². The van der Waals surface area contributed by atoms with Gasteiger partial charge in [0.05, 0.1) is 18.3 Å². The molecule has 2 N–H and O–H groups in total. The summed E-state index contributed by atoms with van der Waals surface area (Å²) >= 11 is 0. The fourth-order valence-corrected chi connectivity index (χ4v) is 4.34. The Morgan fingerprint density at radius 3 is 2.79 bits per heavy atom. The first-order valence-corrected chi connectivity index (χ1v) is 9.34. The molecule has 1 saturated heterocycles. The lowest BCUT2D eigenvalue weighted by atomic mass is 9.91. The van der Waals surface area contributed by atoms with Gasteiger partial charge in [-0.3, -0.25) is 9.69 Å². The van der Waals surface area contributed by atoms with Gasteiger partial charge in [0, 0.05) is 17.7 Å². The number of hydrogen-bond acceptors (Lipinski definition) is 5. The Balaban J connectivity index is 1.84. The number of nitrogens with zero attached hydrogens (tertiary/aromatic N) is 4. The molecular formula is C21H21N5O2. The van der Waals surface area contributed by atoms with Crippen molar-refractivity contribution in [2.45, 2.75) is 32.2 Å². The molecule has 1 fully saturated rings. The Labute approximate surface area is 162 Å². The summed E-state index contributed by atoms with van der Waals surface area (Å²) < 4.78 is 8.37. The van der Waals surface area contributed by atoms with Crippen LogP contribution in [0, 0.1) is 6.92 Å². The number of carbonyl (C=O) groups excluding carboxylic acids is 1. The predicted molar refractivity (Wildman–Crippen MR) is 103 cm³/mol. The molecule has 2 aliphatic rings. The maximum absolute atomic E-state index is 11.7. The zero-order valence-corrected chi connectivity index (χ0v) is 15.8. The van der Waals surface area contributed by atoms with Gasteiger partial charge in [-0.25, -0.2) is 9.67 Å². The standard InChI is InChI=1S/C21H21N5O2/c1-13-8-9-17-16(10-13)21(15-6-4-3-5-7-15)25(11-14(2)28-21)12-18-23-20(19(22)27)24-26(17)18/h3-10,14H,11-12H2,1-2H3,(H2,22,27). The highest BCUT2D eigenvalue weighted by Gasteiger charge is 2.51. The molecule has 3 heterocycles. The van der Waals surface area contributed by atoms with Crippen molar-refractivity contribution in [2.75, 3.05) is 6.54 Å². The lowest BCUT2D eigenvalue weighted by Gasteiger charge is -2.37. The summed E-state index contributed by atoms with van der Waals surface area (Å²) in [5.41, 5.74) is 8.72. The van der Waals surface area contributed by atoms with Gasteiger partial charge in [-0.05, 0) is 26.0 Å². The maximum atomic E-state index is 11.7. The van der Waals surface area contributed by atoms with Gasteiger partial charge in [0.1, 0.15) is 5.82 Å². The van der Waals surface area contributed by atoms with E-state index in [0.717, 1.165) is 28.9 Å². The number of aryl methyl sites for hydroxylation is 1. The molecule has 3 aromatic rings. The molecule has 0 spiro atoms. The van der Waals surface area contributed by atoms with E-state index in [0.29, 0.717) is 12.4 Å². The molecular weight excluding hydrogens is 354 g/mol. The highest BCUT2D eigenvalue weighted by molar-refractivity contribution is 5.88. The van der Waals surface area contributed by atoms with Gasteiger partial charge in [-0.15, -0.1) is 5.10 Å². The smallest absolute Gasteiger partial charge is 0.288 e. The van der Waals surface area contributed by atoms with Crippen LogP contribution in [0.5, 0.6) is 0 Å². The Morgan fingerprint density at radius 2 is 2.04 bits per heavy atom. The second-order valence-corrected chi connectivity index (χ2v) is 7.47.